The Hall–Kier alpha value is -2.86. The Morgan fingerprint density at radius 1 is 1.27 bits per heavy atom. The minimum absolute atomic E-state index is 0.0890. The van der Waals surface area contributed by atoms with Gasteiger partial charge >= 0.3 is 11.9 Å². The fourth-order valence-corrected chi connectivity index (χ4v) is 3.69. The van der Waals surface area contributed by atoms with Gasteiger partial charge in [0.05, 0.1) is 12.1 Å². The van der Waals surface area contributed by atoms with Crippen LogP contribution in [0, 0.1) is 5.41 Å². The summed E-state index contributed by atoms with van der Waals surface area (Å²) in [7, 11) is 1.22. The maximum Gasteiger partial charge on any atom is 0.370 e. The highest BCUT2D eigenvalue weighted by atomic mass is 16.7. The van der Waals surface area contributed by atoms with Gasteiger partial charge in [-0.2, -0.15) is 0 Å². The van der Waals surface area contributed by atoms with Crippen LogP contribution in [0.25, 0.3) is 0 Å². The second kappa shape index (κ2) is 13.0. The van der Waals surface area contributed by atoms with Crippen molar-refractivity contribution >= 4 is 23.8 Å². The Morgan fingerprint density at radius 3 is 2.42 bits per heavy atom. The van der Waals surface area contributed by atoms with Crippen molar-refractivity contribution in [2.75, 3.05) is 7.11 Å². The highest BCUT2D eigenvalue weighted by molar-refractivity contribution is 5.85. The van der Waals surface area contributed by atoms with E-state index < -0.39 is 59.6 Å². The molecule has 1 unspecified atom stereocenters. The number of nitrogens with two attached hydrogens (primary N) is 1. The summed E-state index contributed by atoms with van der Waals surface area (Å²) >= 11 is 0. The highest BCUT2D eigenvalue weighted by Crippen LogP contribution is 2.29. The molecule has 12 nitrogen and oxygen atoms in total. The zero-order valence-electron chi connectivity index (χ0n) is 19.6. The molecule has 7 N–H and O–H groups in total. The van der Waals surface area contributed by atoms with Gasteiger partial charge in [-0.15, -0.1) is 0 Å². The van der Waals surface area contributed by atoms with Crippen LogP contribution in [0.4, 0.5) is 0 Å². The SMILES string of the molecule is CCCCCCCC(=O)OC(C)(O)[C@H](OC)[C@@H]1OC(C(=O)O)=C[C@H](NC(=N)N)[C@H]1NC(C)=O. The molecule has 0 fully saturated rings. The van der Waals surface area contributed by atoms with E-state index in [0.717, 1.165) is 31.8 Å². The number of methoxy groups -OCH3 is 1. The van der Waals surface area contributed by atoms with Crippen molar-refractivity contribution in [3.05, 3.63) is 11.8 Å². The molecule has 188 valence electrons. The summed E-state index contributed by atoms with van der Waals surface area (Å²) in [5, 5.41) is 33.1. The predicted octanol–water partition coefficient (Wildman–Crippen LogP) is 0.337. The number of hydrogen-bond donors (Lipinski definition) is 6. The first-order chi connectivity index (χ1) is 15.4. The van der Waals surface area contributed by atoms with Crippen LogP contribution >= 0.6 is 0 Å². The first kappa shape index (κ1) is 28.2. The summed E-state index contributed by atoms with van der Waals surface area (Å²) in [5.74, 6) is -5.78. The first-order valence-electron chi connectivity index (χ1n) is 10.9. The minimum atomic E-state index is -2.22. The largest absolute Gasteiger partial charge is 0.478 e. The third-order valence-corrected chi connectivity index (χ3v) is 5.12. The standard InChI is InChI=1S/C21H36N4O8/c1-5-6-7-8-9-10-15(27)33-21(3,30)18(31-4)17-16(24-12(2)26)13(25-20(22)23)11-14(32-17)19(28)29/h11,13,16-18,30H,5-10H2,1-4H3,(H,24,26)(H,28,29)(H4,22,23,25)/t13-,16+,17+,18+,21?/m0/s1. The van der Waals surface area contributed by atoms with E-state index in [2.05, 4.69) is 17.6 Å². The van der Waals surface area contributed by atoms with Crippen LogP contribution in [-0.2, 0) is 28.6 Å². The molecule has 0 aromatic carbocycles. The minimum Gasteiger partial charge on any atom is -0.478 e. The molecule has 0 radical (unpaired) electrons. The summed E-state index contributed by atoms with van der Waals surface area (Å²) in [6.45, 7) is 4.51. The summed E-state index contributed by atoms with van der Waals surface area (Å²) in [4.78, 5) is 35.8. The van der Waals surface area contributed by atoms with Gasteiger partial charge in [0.25, 0.3) is 0 Å². The van der Waals surface area contributed by atoms with Crippen LogP contribution in [-0.4, -0.2) is 71.2 Å². The number of esters is 1. The van der Waals surface area contributed by atoms with Crippen molar-refractivity contribution in [2.24, 2.45) is 5.73 Å². The number of ether oxygens (including phenoxy) is 3. The molecule has 12 heteroatoms. The van der Waals surface area contributed by atoms with Gasteiger partial charge in [0.1, 0.15) is 0 Å². The number of aliphatic hydroxyl groups is 1. The molecule has 0 aromatic heterocycles. The Kier molecular flexibility index (Phi) is 11.1. The number of carboxylic acids is 1. The zero-order valence-corrected chi connectivity index (χ0v) is 19.6. The van der Waals surface area contributed by atoms with Crippen LogP contribution < -0.4 is 16.4 Å². The molecular weight excluding hydrogens is 436 g/mol. The molecule has 1 rings (SSSR count). The number of hydrogen-bond acceptors (Lipinski definition) is 8. The summed E-state index contributed by atoms with van der Waals surface area (Å²) < 4.78 is 16.2. The van der Waals surface area contributed by atoms with E-state index in [4.69, 9.17) is 25.4 Å². The summed E-state index contributed by atoms with van der Waals surface area (Å²) in [6.07, 6.45) is 3.07. The number of carbonyl (C=O) groups excluding carboxylic acids is 2. The van der Waals surface area contributed by atoms with Gasteiger partial charge in [-0.1, -0.05) is 32.6 Å². The molecule has 0 saturated carbocycles. The normalized spacial score (nSPS) is 22.7. The molecule has 0 spiro atoms. The lowest BCUT2D eigenvalue weighted by atomic mass is 9.90. The quantitative estimate of drug-likeness (QED) is 0.0715. The molecule has 1 heterocycles. The number of aliphatic carboxylic acids is 1. The van der Waals surface area contributed by atoms with Gasteiger partial charge in [-0.05, 0) is 12.5 Å². The van der Waals surface area contributed by atoms with Crippen LogP contribution in [0.2, 0.25) is 0 Å². The van der Waals surface area contributed by atoms with E-state index in [1.807, 2.05) is 0 Å². The molecule has 5 atom stereocenters. The van der Waals surface area contributed by atoms with Crippen molar-refractivity contribution in [3.8, 4) is 0 Å². The fourth-order valence-electron chi connectivity index (χ4n) is 3.69. The van der Waals surface area contributed by atoms with Crippen LogP contribution in [0.1, 0.15) is 59.3 Å². The topological polar surface area (TPSA) is 193 Å². The second-order valence-electron chi connectivity index (χ2n) is 8.08. The lowest BCUT2D eigenvalue weighted by Crippen LogP contribution is -2.66. The Morgan fingerprint density at radius 2 is 1.91 bits per heavy atom. The maximum atomic E-state index is 12.3. The van der Waals surface area contributed by atoms with E-state index in [0.29, 0.717) is 6.42 Å². The molecule has 0 aromatic rings. The molecule has 1 aliphatic heterocycles. The molecule has 0 bridgehead atoms. The molecule has 1 amide bonds. The fraction of sp³-hybridized carbons (Fsp3) is 0.714. The molecule has 33 heavy (non-hydrogen) atoms. The van der Waals surface area contributed by atoms with E-state index >= 15 is 0 Å². The Balaban J connectivity index is 3.13. The number of unbranched alkanes of at least 4 members (excludes halogenated alkanes) is 4. The smallest absolute Gasteiger partial charge is 0.370 e. The van der Waals surface area contributed by atoms with Crippen molar-refractivity contribution in [1.82, 2.24) is 10.6 Å². The van der Waals surface area contributed by atoms with Crippen molar-refractivity contribution in [1.29, 1.82) is 5.41 Å². The van der Waals surface area contributed by atoms with Gasteiger partial charge in [0.2, 0.25) is 17.5 Å². The third-order valence-electron chi connectivity index (χ3n) is 5.12. The molecule has 1 aliphatic rings. The van der Waals surface area contributed by atoms with E-state index in [-0.39, 0.29) is 6.42 Å². The third kappa shape index (κ3) is 8.89. The van der Waals surface area contributed by atoms with Crippen molar-refractivity contribution < 1.29 is 38.8 Å². The van der Waals surface area contributed by atoms with Crippen LogP contribution in [0.5, 0.6) is 0 Å². The second-order valence-corrected chi connectivity index (χ2v) is 8.08. The number of guanidine groups is 1. The maximum absolute atomic E-state index is 12.3. The number of rotatable bonds is 13. The number of carboxylic acid groups (broad SMARTS) is 1. The van der Waals surface area contributed by atoms with Crippen molar-refractivity contribution in [2.45, 2.75) is 89.4 Å². The first-order valence-corrected chi connectivity index (χ1v) is 10.9. The van der Waals surface area contributed by atoms with E-state index in [1.54, 1.807) is 0 Å². The van der Waals surface area contributed by atoms with E-state index in [9.17, 15) is 24.6 Å². The lowest BCUT2D eigenvalue weighted by molar-refractivity contribution is -0.265. The Labute approximate surface area is 193 Å². The molecule has 0 aliphatic carbocycles. The average Bonchev–Trinajstić information content (AvgIpc) is 2.68. The monoisotopic (exact) mass is 472 g/mol. The highest BCUT2D eigenvalue weighted by Gasteiger charge is 2.50. The number of carbonyl (C=O) groups is 3. The van der Waals surface area contributed by atoms with Gasteiger partial charge in [0, 0.05) is 27.4 Å². The predicted molar refractivity (Wildman–Crippen MR) is 118 cm³/mol. The van der Waals surface area contributed by atoms with Gasteiger partial charge in [-0.25, -0.2) is 4.79 Å². The number of amides is 1. The number of nitrogens with one attached hydrogen (secondary N) is 3. The zero-order chi connectivity index (χ0) is 25.2. The van der Waals surface area contributed by atoms with Crippen molar-refractivity contribution in [3.63, 3.8) is 0 Å². The van der Waals surface area contributed by atoms with E-state index in [1.165, 1.54) is 21.0 Å². The van der Waals surface area contributed by atoms with Gasteiger partial charge in [0.15, 0.2) is 18.2 Å². The molecular formula is C21H36N4O8. The van der Waals surface area contributed by atoms with Gasteiger partial charge < -0.3 is 40.8 Å². The summed E-state index contributed by atoms with van der Waals surface area (Å²) in [5.41, 5.74) is 5.41. The summed E-state index contributed by atoms with van der Waals surface area (Å²) in [6, 6.07) is -2.02. The molecule has 0 saturated heterocycles. The Bertz CT molecular complexity index is 740. The van der Waals surface area contributed by atoms with Crippen LogP contribution in [0.15, 0.2) is 11.8 Å². The van der Waals surface area contributed by atoms with Gasteiger partial charge in [-0.3, -0.25) is 15.0 Å². The average molecular weight is 473 g/mol. The lowest BCUT2D eigenvalue weighted by Gasteiger charge is -2.43. The van der Waals surface area contributed by atoms with Crippen LogP contribution in [0.3, 0.4) is 0 Å².